The minimum absolute atomic E-state index is 0.0149. The summed E-state index contributed by atoms with van der Waals surface area (Å²) in [6.07, 6.45) is -0.591. The lowest BCUT2D eigenvalue weighted by Crippen LogP contribution is -2.20. The van der Waals surface area contributed by atoms with Crippen LogP contribution in [0.1, 0.15) is 22.4 Å². The van der Waals surface area contributed by atoms with Gasteiger partial charge < -0.3 is 4.90 Å². The number of anilines is 2. The highest BCUT2D eigenvalue weighted by atomic mass is 19.4. The first-order chi connectivity index (χ1) is 15.8. The van der Waals surface area contributed by atoms with Crippen molar-refractivity contribution in [1.29, 1.82) is 5.26 Å². The molecule has 0 saturated carbocycles. The van der Waals surface area contributed by atoms with Gasteiger partial charge in [-0.3, -0.25) is 4.98 Å². The molecule has 4 heterocycles. The Morgan fingerprint density at radius 3 is 2.61 bits per heavy atom. The topological polar surface area (TPSA) is 70.6 Å². The van der Waals surface area contributed by atoms with Crippen LogP contribution in [0.4, 0.5) is 24.7 Å². The molecule has 0 radical (unpaired) electrons. The lowest BCUT2D eigenvalue weighted by atomic mass is 10.1. The summed E-state index contributed by atoms with van der Waals surface area (Å²) in [5.41, 5.74) is 2.76. The molecular formula is C24H17F3N6. The minimum Gasteiger partial charge on any atom is -0.325 e. The van der Waals surface area contributed by atoms with Crippen LogP contribution in [0.15, 0.2) is 60.9 Å². The molecule has 1 aliphatic heterocycles. The van der Waals surface area contributed by atoms with Crippen molar-refractivity contribution in [2.75, 3.05) is 11.4 Å². The monoisotopic (exact) mass is 446 g/mol. The van der Waals surface area contributed by atoms with E-state index in [4.69, 9.17) is 5.26 Å². The second kappa shape index (κ2) is 7.74. The number of pyridine rings is 2. The Balaban J connectivity index is 1.60. The van der Waals surface area contributed by atoms with Crippen molar-refractivity contribution in [2.45, 2.75) is 19.5 Å². The zero-order chi connectivity index (χ0) is 23.2. The molecule has 0 spiro atoms. The van der Waals surface area contributed by atoms with Crippen LogP contribution in [0, 0.1) is 18.3 Å². The molecule has 33 heavy (non-hydrogen) atoms. The smallest absolute Gasteiger partial charge is 0.325 e. The van der Waals surface area contributed by atoms with Crippen LogP contribution in [0.2, 0.25) is 0 Å². The molecule has 164 valence electrons. The number of hydrogen-bond acceptors (Lipinski definition) is 5. The van der Waals surface area contributed by atoms with Crippen LogP contribution in [0.5, 0.6) is 0 Å². The Kier molecular flexibility index (Phi) is 4.86. The van der Waals surface area contributed by atoms with Crippen LogP contribution < -0.4 is 4.90 Å². The molecule has 0 bridgehead atoms. The summed E-state index contributed by atoms with van der Waals surface area (Å²) in [5.74, 6) is 0.468. The highest BCUT2D eigenvalue weighted by Gasteiger charge is 2.37. The number of fused-ring (bicyclic) bond motifs is 1. The fraction of sp³-hybridized carbons (Fsp3) is 0.167. The Morgan fingerprint density at radius 1 is 1.03 bits per heavy atom. The van der Waals surface area contributed by atoms with E-state index in [0.717, 1.165) is 23.0 Å². The molecule has 4 aromatic rings. The van der Waals surface area contributed by atoms with Crippen LogP contribution >= 0.6 is 0 Å². The summed E-state index contributed by atoms with van der Waals surface area (Å²) in [7, 11) is 0. The van der Waals surface area contributed by atoms with Gasteiger partial charge in [-0.05, 0) is 55.8 Å². The van der Waals surface area contributed by atoms with Crippen molar-refractivity contribution in [2.24, 2.45) is 0 Å². The summed E-state index contributed by atoms with van der Waals surface area (Å²) in [6.45, 7) is 2.13. The summed E-state index contributed by atoms with van der Waals surface area (Å²) in [4.78, 5) is 10.5. The Bertz CT molecular complexity index is 1390. The van der Waals surface area contributed by atoms with Gasteiger partial charge in [-0.25, -0.2) is 9.67 Å². The number of nitrogens with zero attached hydrogens (tertiary/aromatic N) is 6. The van der Waals surface area contributed by atoms with Crippen molar-refractivity contribution < 1.29 is 13.2 Å². The summed E-state index contributed by atoms with van der Waals surface area (Å²) in [5, 5.41) is 13.7. The van der Waals surface area contributed by atoms with Crippen molar-refractivity contribution in [1.82, 2.24) is 19.7 Å². The molecule has 3 aromatic heterocycles. The lowest BCUT2D eigenvalue weighted by molar-refractivity contribution is -0.137. The maximum Gasteiger partial charge on any atom is 0.418 e. The quantitative estimate of drug-likeness (QED) is 0.431. The molecule has 0 unspecified atom stereocenters. The normalized spacial score (nSPS) is 13.1. The number of benzene rings is 1. The van der Waals surface area contributed by atoms with Gasteiger partial charge in [0.15, 0.2) is 0 Å². The molecular weight excluding hydrogens is 429 g/mol. The molecule has 0 atom stereocenters. The second-order valence-corrected chi connectivity index (χ2v) is 7.69. The van der Waals surface area contributed by atoms with Gasteiger partial charge >= 0.3 is 6.18 Å². The maximum absolute atomic E-state index is 13.8. The fourth-order valence-electron chi connectivity index (χ4n) is 4.07. The van der Waals surface area contributed by atoms with E-state index in [-0.39, 0.29) is 11.3 Å². The molecule has 9 heteroatoms. The zero-order valence-corrected chi connectivity index (χ0v) is 17.5. The van der Waals surface area contributed by atoms with E-state index < -0.39 is 11.7 Å². The standard InChI is InChI=1S/C24H17F3N6/c1-15-12-22(33-11-8-20(31-33)19-4-2-3-9-29-19)17-7-10-32(23(17)30-15)21-6-5-16(14-28)13-18(21)24(25,26)27/h2-6,8-9,11-13H,7,10H2,1H3. The molecule has 0 amide bonds. The molecule has 6 nitrogen and oxygen atoms in total. The van der Waals surface area contributed by atoms with Crippen LogP contribution in [-0.2, 0) is 12.6 Å². The van der Waals surface area contributed by atoms with Gasteiger partial charge in [0.25, 0.3) is 0 Å². The first kappa shape index (κ1) is 20.7. The fourth-order valence-corrected chi connectivity index (χ4v) is 4.07. The molecule has 0 N–H and O–H groups in total. The average Bonchev–Trinajstić information content (AvgIpc) is 3.46. The number of nitriles is 1. The van der Waals surface area contributed by atoms with Gasteiger partial charge in [-0.15, -0.1) is 0 Å². The van der Waals surface area contributed by atoms with Crippen molar-refractivity contribution >= 4 is 11.5 Å². The first-order valence-electron chi connectivity index (χ1n) is 10.2. The van der Waals surface area contributed by atoms with E-state index in [1.165, 1.54) is 12.1 Å². The van der Waals surface area contributed by atoms with Crippen LogP contribution in [0.3, 0.4) is 0 Å². The van der Waals surface area contributed by atoms with E-state index in [9.17, 15) is 13.2 Å². The van der Waals surface area contributed by atoms with E-state index in [2.05, 4.69) is 15.1 Å². The summed E-state index contributed by atoms with van der Waals surface area (Å²) in [6, 6.07) is 14.7. The predicted molar refractivity (Wildman–Crippen MR) is 116 cm³/mol. The molecule has 0 aliphatic carbocycles. The minimum atomic E-state index is -4.60. The van der Waals surface area contributed by atoms with E-state index in [1.54, 1.807) is 28.8 Å². The van der Waals surface area contributed by atoms with Gasteiger partial charge in [-0.2, -0.15) is 23.5 Å². The van der Waals surface area contributed by atoms with Gasteiger partial charge in [-0.1, -0.05) is 6.07 Å². The number of rotatable bonds is 3. The number of alkyl halides is 3. The average molecular weight is 446 g/mol. The number of aryl methyl sites for hydroxylation is 1. The SMILES string of the molecule is Cc1cc(-n2ccc(-c3ccccn3)n2)c2c(n1)N(c1ccc(C#N)cc1C(F)(F)F)CC2. The molecule has 0 fully saturated rings. The third-order valence-electron chi connectivity index (χ3n) is 5.53. The van der Waals surface area contributed by atoms with Crippen LogP contribution in [-0.4, -0.2) is 26.3 Å². The van der Waals surface area contributed by atoms with Gasteiger partial charge in [0.1, 0.15) is 11.5 Å². The first-order valence-corrected chi connectivity index (χ1v) is 10.2. The zero-order valence-electron chi connectivity index (χ0n) is 17.5. The second-order valence-electron chi connectivity index (χ2n) is 7.69. The maximum atomic E-state index is 13.8. The Labute approximate surface area is 187 Å². The van der Waals surface area contributed by atoms with Gasteiger partial charge in [0.05, 0.1) is 34.3 Å². The van der Waals surface area contributed by atoms with E-state index in [0.29, 0.717) is 30.2 Å². The molecule has 5 rings (SSSR count). The lowest BCUT2D eigenvalue weighted by Gasteiger charge is -2.23. The van der Waals surface area contributed by atoms with E-state index >= 15 is 0 Å². The number of halogens is 3. The third-order valence-corrected chi connectivity index (χ3v) is 5.53. The van der Waals surface area contributed by atoms with Gasteiger partial charge in [0, 0.05) is 30.2 Å². The highest BCUT2D eigenvalue weighted by molar-refractivity contribution is 5.73. The number of hydrogen-bond donors (Lipinski definition) is 0. The summed E-state index contributed by atoms with van der Waals surface area (Å²) < 4.78 is 43.1. The van der Waals surface area contributed by atoms with E-state index in [1.807, 2.05) is 36.5 Å². The molecule has 1 aromatic carbocycles. The highest BCUT2D eigenvalue weighted by Crippen LogP contribution is 2.43. The molecule has 0 saturated heterocycles. The Hall–Kier alpha value is -4.19. The summed E-state index contributed by atoms with van der Waals surface area (Å²) >= 11 is 0. The van der Waals surface area contributed by atoms with Crippen molar-refractivity contribution in [3.8, 4) is 23.1 Å². The third kappa shape index (κ3) is 3.69. The van der Waals surface area contributed by atoms with Gasteiger partial charge in [0.2, 0.25) is 0 Å². The van der Waals surface area contributed by atoms with Crippen LogP contribution in [0.25, 0.3) is 17.1 Å². The molecule has 1 aliphatic rings. The van der Waals surface area contributed by atoms with Crippen molar-refractivity contribution in [3.05, 3.63) is 83.3 Å². The predicted octanol–water partition coefficient (Wildman–Crippen LogP) is 5.22. The largest absolute Gasteiger partial charge is 0.418 e. The number of aromatic nitrogens is 4. The Morgan fingerprint density at radius 2 is 1.88 bits per heavy atom. The van der Waals surface area contributed by atoms with Crippen molar-refractivity contribution in [3.63, 3.8) is 0 Å².